The van der Waals surface area contributed by atoms with E-state index in [2.05, 4.69) is 4.98 Å². The van der Waals surface area contributed by atoms with E-state index in [1.54, 1.807) is 25.1 Å². The molecule has 0 unspecified atom stereocenters. The van der Waals surface area contributed by atoms with Crippen molar-refractivity contribution < 1.29 is 32.5 Å². The summed E-state index contributed by atoms with van der Waals surface area (Å²) in [6.45, 7) is 4.25. The molecule has 31 heavy (non-hydrogen) atoms. The zero-order valence-electron chi connectivity index (χ0n) is 16.8. The van der Waals surface area contributed by atoms with Gasteiger partial charge in [-0.2, -0.15) is 13.2 Å². The number of alkyl halides is 3. The molecular weight excluding hydrogens is 431 g/mol. The molecule has 1 aromatic heterocycles. The van der Waals surface area contributed by atoms with Gasteiger partial charge in [0.05, 0.1) is 29.2 Å². The molecule has 0 aliphatic rings. The Hall–Kier alpha value is -3.07. The first kappa shape index (κ1) is 22.6. The Morgan fingerprint density at radius 3 is 2.32 bits per heavy atom. The number of halogens is 3. The molecule has 1 heterocycles. The SMILES string of the molecule is CCOc1cc(CC(=O)O)cc(OCc2sc(-c3ccc(C(F)(F)F)cc3)nc2C)c1. The normalized spacial score (nSPS) is 11.4. The van der Waals surface area contributed by atoms with Crippen molar-refractivity contribution in [3.8, 4) is 22.1 Å². The molecule has 0 atom stereocenters. The van der Waals surface area contributed by atoms with Gasteiger partial charge >= 0.3 is 12.1 Å². The van der Waals surface area contributed by atoms with Crippen molar-refractivity contribution in [1.29, 1.82) is 0 Å². The quantitative estimate of drug-likeness (QED) is 0.473. The summed E-state index contributed by atoms with van der Waals surface area (Å²) in [5.41, 5.74) is 1.15. The number of aryl methyl sites for hydroxylation is 1. The van der Waals surface area contributed by atoms with Gasteiger partial charge in [-0.25, -0.2) is 4.98 Å². The van der Waals surface area contributed by atoms with E-state index in [9.17, 15) is 18.0 Å². The van der Waals surface area contributed by atoms with Crippen LogP contribution in [-0.4, -0.2) is 22.7 Å². The third-order valence-corrected chi connectivity index (χ3v) is 5.51. The van der Waals surface area contributed by atoms with Crippen LogP contribution in [0.15, 0.2) is 42.5 Å². The highest BCUT2D eigenvalue weighted by Crippen LogP contribution is 2.33. The summed E-state index contributed by atoms with van der Waals surface area (Å²) in [7, 11) is 0. The monoisotopic (exact) mass is 451 g/mol. The molecule has 0 amide bonds. The number of carboxylic acids is 1. The van der Waals surface area contributed by atoms with E-state index < -0.39 is 17.7 Å². The molecule has 3 rings (SSSR count). The second kappa shape index (κ2) is 9.38. The maximum Gasteiger partial charge on any atom is 0.416 e. The number of aliphatic carboxylic acids is 1. The van der Waals surface area contributed by atoms with Crippen LogP contribution in [0.1, 0.15) is 28.6 Å². The fourth-order valence-corrected chi connectivity index (χ4v) is 3.86. The Morgan fingerprint density at radius 2 is 1.74 bits per heavy atom. The number of hydrogen-bond donors (Lipinski definition) is 1. The molecule has 5 nitrogen and oxygen atoms in total. The van der Waals surface area contributed by atoms with Gasteiger partial charge in [-0.05, 0) is 43.7 Å². The van der Waals surface area contributed by atoms with Crippen molar-refractivity contribution in [2.45, 2.75) is 33.1 Å². The molecule has 0 saturated carbocycles. The molecule has 0 aliphatic heterocycles. The predicted molar refractivity (Wildman–Crippen MR) is 111 cm³/mol. The Labute approximate surface area is 181 Å². The highest BCUT2D eigenvalue weighted by atomic mass is 32.1. The van der Waals surface area contributed by atoms with Crippen molar-refractivity contribution in [2.75, 3.05) is 6.61 Å². The lowest BCUT2D eigenvalue weighted by Crippen LogP contribution is -2.03. The molecule has 0 fully saturated rings. The van der Waals surface area contributed by atoms with Crippen molar-refractivity contribution in [1.82, 2.24) is 4.98 Å². The third-order valence-electron chi connectivity index (χ3n) is 4.33. The van der Waals surface area contributed by atoms with Gasteiger partial charge in [-0.1, -0.05) is 12.1 Å². The summed E-state index contributed by atoms with van der Waals surface area (Å²) in [5.74, 6) is 0.0212. The van der Waals surface area contributed by atoms with Crippen LogP contribution in [0.3, 0.4) is 0 Å². The van der Waals surface area contributed by atoms with Crippen LogP contribution in [-0.2, 0) is 24.0 Å². The second-order valence-electron chi connectivity index (χ2n) is 6.71. The van der Waals surface area contributed by atoms with Crippen LogP contribution in [0.25, 0.3) is 10.6 Å². The molecular formula is C22H20F3NO4S. The van der Waals surface area contributed by atoms with Crippen molar-refractivity contribution in [3.63, 3.8) is 0 Å². The number of thiazole rings is 1. The zero-order valence-corrected chi connectivity index (χ0v) is 17.6. The van der Waals surface area contributed by atoms with Gasteiger partial charge in [0, 0.05) is 11.6 Å². The van der Waals surface area contributed by atoms with Crippen LogP contribution < -0.4 is 9.47 Å². The van der Waals surface area contributed by atoms with Gasteiger partial charge in [0.1, 0.15) is 23.1 Å². The van der Waals surface area contributed by atoms with Crippen LogP contribution in [0, 0.1) is 6.92 Å². The molecule has 0 bridgehead atoms. The summed E-state index contributed by atoms with van der Waals surface area (Å²) in [5, 5.41) is 9.64. The van der Waals surface area contributed by atoms with E-state index in [-0.39, 0.29) is 13.0 Å². The molecule has 164 valence electrons. The van der Waals surface area contributed by atoms with Crippen LogP contribution >= 0.6 is 11.3 Å². The molecule has 0 saturated heterocycles. The summed E-state index contributed by atoms with van der Waals surface area (Å²) < 4.78 is 49.6. The number of hydrogen-bond acceptors (Lipinski definition) is 5. The molecule has 3 aromatic rings. The summed E-state index contributed by atoms with van der Waals surface area (Å²) in [6, 6.07) is 9.85. The van der Waals surface area contributed by atoms with Crippen molar-refractivity contribution in [3.05, 3.63) is 64.2 Å². The minimum atomic E-state index is -4.38. The number of nitrogens with zero attached hydrogens (tertiary/aromatic N) is 1. The third kappa shape index (κ3) is 5.97. The first-order chi connectivity index (χ1) is 14.7. The number of aromatic nitrogens is 1. The summed E-state index contributed by atoms with van der Waals surface area (Å²) >= 11 is 1.33. The highest BCUT2D eigenvalue weighted by Gasteiger charge is 2.30. The maximum atomic E-state index is 12.8. The van der Waals surface area contributed by atoms with E-state index in [4.69, 9.17) is 14.6 Å². The fraction of sp³-hybridized carbons (Fsp3) is 0.273. The topological polar surface area (TPSA) is 68.7 Å². The van der Waals surface area contributed by atoms with Crippen LogP contribution in [0.5, 0.6) is 11.5 Å². The lowest BCUT2D eigenvalue weighted by Gasteiger charge is -2.10. The van der Waals surface area contributed by atoms with Gasteiger partial charge in [-0.3, -0.25) is 4.79 Å². The summed E-state index contributed by atoms with van der Waals surface area (Å²) in [4.78, 5) is 16.3. The minimum Gasteiger partial charge on any atom is -0.494 e. The minimum absolute atomic E-state index is 0.158. The fourth-order valence-electron chi connectivity index (χ4n) is 2.88. The van der Waals surface area contributed by atoms with E-state index >= 15 is 0 Å². The average Bonchev–Trinajstić information content (AvgIpc) is 3.06. The number of rotatable bonds is 8. The van der Waals surface area contributed by atoms with Crippen LogP contribution in [0.4, 0.5) is 13.2 Å². The van der Waals surface area contributed by atoms with E-state index in [1.807, 2.05) is 6.92 Å². The largest absolute Gasteiger partial charge is 0.494 e. The molecule has 0 aliphatic carbocycles. The smallest absolute Gasteiger partial charge is 0.416 e. The maximum absolute atomic E-state index is 12.8. The number of carboxylic acid groups (broad SMARTS) is 1. The van der Waals surface area contributed by atoms with Gasteiger partial charge in [0.2, 0.25) is 0 Å². The Kier molecular flexibility index (Phi) is 6.84. The standard InChI is InChI=1S/C22H20F3NO4S/c1-3-29-17-8-14(10-20(27)28)9-18(11-17)30-12-19-13(2)26-21(31-19)15-4-6-16(7-5-15)22(23,24)25/h4-9,11H,3,10,12H2,1-2H3,(H,27,28). The first-order valence-electron chi connectivity index (χ1n) is 9.41. The average molecular weight is 451 g/mol. The second-order valence-corrected chi connectivity index (χ2v) is 7.79. The molecule has 2 aromatic carbocycles. The lowest BCUT2D eigenvalue weighted by molar-refractivity contribution is -0.138. The number of benzene rings is 2. The molecule has 0 spiro atoms. The van der Waals surface area contributed by atoms with E-state index in [1.165, 1.54) is 23.5 Å². The van der Waals surface area contributed by atoms with E-state index in [0.29, 0.717) is 39.9 Å². The van der Waals surface area contributed by atoms with E-state index in [0.717, 1.165) is 17.0 Å². The Bertz CT molecular complexity index is 1060. The Balaban J connectivity index is 1.76. The van der Waals surface area contributed by atoms with Gasteiger partial charge in [-0.15, -0.1) is 11.3 Å². The van der Waals surface area contributed by atoms with Crippen molar-refractivity contribution in [2.24, 2.45) is 0 Å². The number of carbonyl (C=O) groups is 1. The Morgan fingerprint density at radius 1 is 1.10 bits per heavy atom. The first-order valence-corrected chi connectivity index (χ1v) is 10.2. The molecule has 9 heteroatoms. The van der Waals surface area contributed by atoms with Gasteiger partial charge in [0.25, 0.3) is 0 Å². The van der Waals surface area contributed by atoms with Crippen molar-refractivity contribution >= 4 is 17.3 Å². The van der Waals surface area contributed by atoms with Gasteiger partial charge in [0.15, 0.2) is 0 Å². The lowest BCUT2D eigenvalue weighted by atomic mass is 10.1. The van der Waals surface area contributed by atoms with Gasteiger partial charge < -0.3 is 14.6 Å². The number of ether oxygens (including phenoxy) is 2. The molecule has 1 N–H and O–H groups in total. The zero-order chi connectivity index (χ0) is 22.6. The predicted octanol–water partition coefficient (Wildman–Crippen LogP) is 5.74. The highest BCUT2D eigenvalue weighted by molar-refractivity contribution is 7.15. The van der Waals surface area contributed by atoms with Crippen LogP contribution in [0.2, 0.25) is 0 Å². The summed E-state index contributed by atoms with van der Waals surface area (Å²) in [6.07, 6.45) is -4.54. The molecule has 0 radical (unpaired) electrons.